The zero-order chi connectivity index (χ0) is 20.9. The molecule has 0 aromatic carbocycles. The first kappa shape index (κ1) is 21.4. The largest absolute Gasteiger partial charge is 0.379 e. The van der Waals surface area contributed by atoms with Gasteiger partial charge >= 0.3 is 5.69 Å². The molecule has 9 nitrogen and oxygen atoms in total. The minimum absolute atomic E-state index is 0.167. The lowest BCUT2D eigenvalue weighted by atomic mass is 10.2. The van der Waals surface area contributed by atoms with E-state index in [0.717, 1.165) is 74.8 Å². The summed E-state index contributed by atoms with van der Waals surface area (Å²) in [5.74, 6) is 0.0258. The van der Waals surface area contributed by atoms with Crippen LogP contribution in [0, 0.1) is 6.92 Å². The predicted molar refractivity (Wildman–Crippen MR) is 116 cm³/mol. The average molecular weight is 451 g/mol. The van der Waals surface area contributed by atoms with Crippen LogP contribution in [0.3, 0.4) is 0 Å². The van der Waals surface area contributed by atoms with Crippen LogP contribution in [0.25, 0.3) is 0 Å². The summed E-state index contributed by atoms with van der Waals surface area (Å²) in [4.78, 5) is 31.6. The summed E-state index contributed by atoms with van der Waals surface area (Å²) < 4.78 is 7.23. The second-order valence-corrected chi connectivity index (χ2v) is 9.55. The van der Waals surface area contributed by atoms with Crippen LogP contribution < -0.4 is 11.0 Å². The number of rotatable bonds is 8. The Bertz CT molecular complexity index is 954. The average Bonchev–Trinajstić information content (AvgIpc) is 3.38. The van der Waals surface area contributed by atoms with E-state index in [1.54, 1.807) is 0 Å². The molecule has 0 saturated carbocycles. The molecule has 1 aliphatic heterocycles. The molecule has 1 N–H and O–H groups in total. The number of nitrogens with one attached hydrogen (secondary N) is 1. The quantitative estimate of drug-likeness (QED) is 0.475. The van der Waals surface area contributed by atoms with E-state index in [4.69, 9.17) is 4.74 Å². The second kappa shape index (κ2) is 9.99. The summed E-state index contributed by atoms with van der Waals surface area (Å²) in [6.07, 6.45) is 3.75. The number of carbonyl (C=O) groups is 1. The Morgan fingerprint density at radius 1 is 1.23 bits per heavy atom. The van der Waals surface area contributed by atoms with Crippen molar-refractivity contribution in [2.24, 2.45) is 0 Å². The molecule has 0 bridgehead atoms. The molecule has 11 heteroatoms. The monoisotopic (exact) mass is 450 g/mol. The van der Waals surface area contributed by atoms with Crippen molar-refractivity contribution in [3.63, 3.8) is 0 Å². The Labute approximate surface area is 183 Å². The van der Waals surface area contributed by atoms with Crippen LogP contribution in [-0.4, -0.2) is 69.2 Å². The summed E-state index contributed by atoms with van der Waals surface area (Å²) in [6, 6.07) is 0. The fourth-order valence-corrected chi connectivity index (χ4v) is 5.33. The third-order valence-corrected chi connectivity index (χ3v) is 7.04. The Balaban J connectivity index is 1.37. The van der Waals surface area contributed by atoms with Crippen LogP contribution in [0.5, 0.6) is 0 Å². The molecule has 0 radical (unpaired) electrons. The smallest absolute Gasteiger partial charge is 0.348 e. The van der Waals surface area contributed by atoms with Crippen LogP contribution in [0.15, 0.2) is 9.82 Å². The third-order valence-electron chi connectivity index (χ3n) is 5.27. The van der Waals surface area contributed by atoms with Gasteiger partial charge in [-0.05, 0) is 32.6 Å². The Kier molecular flexibility index (Phi) is 7.13. The molecule has 2 aliphatic rings. The van der Waals surface area contributed by atoms with Gasteiger partial charge in [-0.1, -0.05) is 23.1 Å². The van der Waals surface area contributed by atoms with Crippen LogP contribution in [0.1, 0.15) is 29.1 Å². The summed E-state index contributed by atoms with van der Waals surface area (Å²) in [5.41, 5.74) is 2.02. The minimum atomic E-state index is -0.208. The first-order chi connectivity index (χ1) is 14.6. The molecule has 0 atom stereocenters. The molecule has 30 heavy (non-hydrogen) atoms. The van der Waals surface area contributed by atoms with Gasteiger partial charge in [0.05, 0.1) is 19.0 Å². The van der Waals surface area contributed by atoms with Crippen molar-refractivity contribution in [3.05, 3.63) is 26.7 Å². The molecule has 4 rings (SSSR count). The van der Waals surface area contributed by atoms with Crippen LogP contribution in [0.2, 0.25) is 0 Å². The zero-order valence-electron chi connectivity index (χ0n) is 17.1. The fraction of sp³-hybridized carbons (Fsp3) is 0.632. The Morgan fingerprint density at radius 2 is 2.07 bits per heavy atom. The highest BCUT2D eigenvalue weighted by atomic mass is 32.2. The number of carbonyl (C=O) groups excluding carboxylic acids is 1. The summed E-state index contributed by atoms with van der Waals surface area (Å²) in [5, 5.41) is 12.5. The van der Waals surface area contributed by atoms with Crippen molar-refractivity contribution in [3.8, 4) is 0 Å². The van der Waals surface area contributed by atoms with Crippen molar-refractivity contribution in [2.45, 2.75) is 44.2 Å². The minimum Gasteiger partial charge on any atom is -0.379 e. The van der Waals surface area contributed by atoms with Gasteiger partial charge < -0.3 is 4.74 Å². The van der Waals surface area contributed by atoms with E-state index in [-0.39, 0.29) is 17.3 Å². The molecule has 2 aromatic heterocycles. The number of aryl methyl sites for hydroxylation is 1. The van der Waals surface area contributed by atoms with Gasteiger partial charge in [-0.2, -0.15) is 4.98 Å². The van der Waals surface area contributed by atoms with E-state index in [1.807, 2.05) is 11.5 Å². The number of aromatic nitrogens is 4. The fourth-order valence-electron chi connectivity index (χ4n) is 3.85. The number of nitrogens with zero attached hydrogens (tertiary/aromatic N) is 5. The first-order valence-corrected chi connectivity index (χ1v) is 12.1. The van der Waals surface area contributed by atoms with E-state index in [2.05, 4.69) is 25.4 Å². The van der Waals surface area contributed by atoms with Crippen LogP contribution in [-0.2, 0) is 28.9 Å². The van der Waals surface area contributed by atoms with E-state index in [9.17, 15) is 9.59 Å². The number of amides is 1. The van der Waals surface area contributed by atoms with Gasteiger partial charge in [-0.25, -0.2) is 4.79 Å². The molecule has 3 heterocycles. The van der Waals surface area contributed by atoms with Crippen molar-refractivity contribution in [1.82, 2.24) is 24.6 Å². The summed E-state index contributed by atoms with van der Waals surface area (Å²) >= 11 is 2.66. The van der Waals surface area contributed by atoms with Crippen LogP contribution in [0.4, 0.5) is 5.13 Å². The molecular formula is C19H26N6O3S2. The van der Waals surface area contributed by atoms with E-state index in [0.29, 0.717) is 16.7 Å². The maximum absolute atomic E-state index is 12.7. The molecule has 0 spiro atoms. The predicted octanol–water partition coefficient (Wildman–Crippen LogP) is 1.35. The van der Waals surface area contributed by atoms with Crippen molar-refractivity contribution in [2.75, 3.05) is 43.9 Å². The van der Waals surface area contributed by atoms with Gasteiger partial charge in [0.1, 0.15) is 10.0 Å². The van der Waals surface area contributed by atoms with Crippen molar-refractivity contribution in [1.29, 1.82) is 0 Å². The van der Waals surface area contributed by atoms with Gasteiger partial charge in [0.15, 0.2) is 0 Å². The molecular weight excluding hydrogens is 424 g/mol. The molecule has 1 aliphatic carbocycles. The number of thioether (sulfide) groups is 1. The van der Waals surface area contributed by atoms with E-state index < -0.39 is 0 Å². The lowest BCUT2D eigenvalue weighted by Gasteiger charge is -2.26. The van der Waals surface area contributed by atoms with E-state index in [1.165, 1.54) is 23.1 Å². The Hall–Kier alpha value is -1.82. The lowest BCUT2D eigenvalue weighted by molar-refractivity contribution is -0.113. The number of hydrogen-bond acceptors (Lipinski definition) is 9. The van der Waals surface area contributed by atoms with Gasteiger partial charge in [-0.3, -0.25) is 19.6 Å². The SMILES string of the molecule is Cc1nnc(NC(=O)CSc2nc(=O)n(CCCN3CCOCC3)c3c2CCC3)s1. The maximum atomic E-state index is 12.7. The number of ether oxygens (including phenoxy) is 1. The molecule has 1 fully saturated rings. The van der Waals surface area contributed by atoms with Gasteiger partial charge in [-0.15, -0.1) is 10.2 Å². The highest BCUT2D eigenvalue weighted by Crippen LogP contribution is 2.29. The van der Waals surface area contributed by atoms with Crippen molar-refractivity contribution >= 4 is 34.1 Å². The second-order valence-electron chi connectivity index (χ2n) is 7.40. The summed E-state index contributed by atoms with van der Waals surface area (Å²) in [6.45, 7) is 6.98. The molecule has 1 saturated heterocycles. The lowest BCUT2D eigenvalue weighted by Crippen LogP contribution is -2.37. The zero-order valence-corrected chi connectivity index (χ0v) is 18.7. The standard InChI is InChI=1S/C19H26N6O3S2/c1-13-22-23-18(30-13)20-16(26)12-29-17-14-4-2-5-15(14)25(19(27)21-17)7-3-6-24-8-10-28-11-9-24/h2-12H2,1H3,(H,20,23,26). The first-order valence-electron chi connectivity index (χ1n) is 10.3. The summed E-state index contributed by atoms with van der Waals surface area (Å²) in [7, 11) is 0. The molecule has 162 valence electrons. The number of anilines is 1. The normalized spacial score (nSPS) is 16.6. The van der Waals surface area contributed by atoms with Gasteiger partial charge in [0.25, 0.3) is 0 Å². The topological polar surface area (TPSA) is 102 Å². The van der Waals surface area contributed by atoms with Gasteiger partial charge in [0, 0.05) is 37.4 Å². The molecule has 0 unspecified atom stereocenters. The highest BCUT2D eigenvalue weighted by Gasteiger charge is 2.23. The van der Waals surface area contributed by atoms with Gasteiger partial charge in [0.2, 0.25) is 11.0 Å². The number of morpholine rings is 1. The molecule has 2 aromatic rings. The number of hydrogen-bond donors (Lipinski definition) is 1. The van der Waals surface area contributed by atoms with E-state index >= 15 is 0 Å². The molecule has 1 amide bonds. The Morgan fingerprint density at radius 3 is 2.83 bits per heavy atom. The third kappa shape index (κ3) is 5.26. The maximum Gasteiger partial charge on any atom is 0.348 e. The highest BCUT2D eigenvalue weighted by molar-refractivity contribution is 8.00. The van der Waals surface area contributed by atoms with Crippen molar-refractivity contribution < 1.29 is 9.53 Å². The van der Waals surface area contributed by atoms with Crippen LogP contribution >= 0.6 is 23.1 Å². The number of fused-ring (bicyclic) bond motifs is 1.